The van der Waals surface area contributed by atoms with E-state index in [0.717, 1.165) is 5.56 Å². The quantitative estimate of drug-likeness (QED) is 0.583. The van der Waals surface area contributed by atoms with Crippen LogP contribution in [-0.4, -0.2) is 59.7 Å². The van der Waals surface area contributed by atoms with Gasteiger partial charge in [-0.3, -0.25) is 0 Å². The van der Waals surface area contributed by atoms with Gasteiger partial charge in [-0.2, -0.15) is 0 Å². The molecule has 2 fully saturated rings. The summed E-state index contributed by atoms with van der Waals surface area (Å²) in [5, 5.41) is 11.8. The lowest BCUT2D eigenvalue weighted by molar-refractivity contribution is -0.174. The lowest BCUT2D eigenvalue weighted by Gasteiger charge is -2.23. The number of carbonyl (C=O) groups excluding carboxylic acids is 1. The zero-order chi connectivity index (χ0) is 23.4. The van der Waals surface area contributed by atoms with Gasteiger partial charge in [-0.15, -0.1) is 0 Å². The molecule has 0 unspecified atom stereocenters. The number of carboxylic acids is 1. The molecule has 0 saturated carbocycles. The van der Waals surface area contributed by atoms with Crippen molar-refractivity contribution in [2.45, 2.75) is 76.7 Å². The van der Waals surface area contributed by atoms with Crippen LogP contribution >= 0.6 is 0 Å². The molecule has 2 aliphatic rings. The van der Waals surface area contributed by atoms with Crippen LogP contribution in [0, 0.1) is 0 Å². The molecule has 0 aromatic heterocycles. The summed E-state index contributed by atoms with van der Waals surface area (Å²) in [4.78, 5) is 23.6. The molecule has 1 aromatic carbocycles. The van der Waals surface area contributed by atoms with Crippen molar-refractivity contribution in [1.29, 1.82) is 0 Å². The Labute approximate surface area is 187 Å². The van der Waals surface area contributed by atoms with E-state index in [1.165, 1.54) is 0 Å². The second-order valence-corrected chi connectivity index (χ2v) is 8.69. The summed E-state index contributed by atoms with van der Waals surface area (Å²) in [7, 11) is 0. The molecule has 1 amide bonds. The molecule has 0 radical (unpaired) electrons. The highest BCUT2D eigenvalue weighted by Crippen LogP contribution is 2.36. The van der Waals surface area contributed by atoms with Crippen LogP contribution in [0.4, 0.5) is 4.79 Å². The molecule has 4 atom stereocenters. The summed E-state index contributed by atoms with van der Waals surface area (Å²) in [6, 6.07) is 7.99. The first kappa shape index (κ1) is 24.2. The van der Waals surface area contributed by atoms with Gasteiger partial charge < -0.3 is 34.1 Å². The molecule has 2 heterocycles. The number of rotatable bonds is 8. The van der Waals surface area contributed by atoms with E-state index in [9.17, 15) is 14.7 Å². The Morgan fingerprint density at radius 3 is 2.50 bits per heavy atom. The van der Waals surface area contributed by atoms with Gasteiger partial charge in [-0.25, -0.2) is 9.59 Å². The first-order valence-corrected chi connectivity index (χ1v) is 10.6. The van der Waals surface area contributed by atoms with Gasteiger partial charge in [0.15, 0.2) is 11.6 Å². The fourth-order valence-electron chi connectivity index (χ4n) is 3.61. The van der Waals surface area contributed by atoms with Gasteiger partial charge in [0.2, 0.25) is 0 Å². The van der Waals surface area contributed by atoms with Crippen molar-refractivity contribution in [3.63, 3.8) is 0 Å². The van der Waals surface area contributed by atoms with Gasteiger partial charge in [0.05, 0.1) is 6.61 Å². The molecule has 2 aliphatic heterocycles. The second-order valence-electron chi connectivity index (χ2n) is 8.69. The number of alkyl carbamates (subject to hydrolysis) is 1. The Morgan fingerprint density at radius 1 is 1.16 bits per heavy atom. The Bertz CT molecular complexity index is 823. The summed E-state index contributed by atoms with van der Waals surface area (Å²) >= 11 is 0. The minimum atomic E-state index is -1.17. The molecule has 9 heteroatoms. The summed E-state index contributed by atoms with van der Waals surface area (Å²) in [5.74, 6) is -2.68. The highest BCUT2D eigenvalue weighted by molar-refractivity contribution is 5.80. The lowest BCUT2D eigenvalue weighted by Crippen LogP contribution is -2.40. The van der Waals surface area contributed by atoms with Crippen molar-refractivity contribution >= 4 is 12.1 Å². The van der Waals surface area contributed by atoms with Gasteiger partial charge >= 0.3 is 12.1 Å². The fraction of sp³-hybridized carbons (Fsp3) is 0.565. The van der Waals surface area contributed by atoms with Crippen LogP contribution < -0.4 is 5.32 Å². The predicted molar refractivity (Wildman–Crippen MR) is 114 cm³/mol. The fourth-order valence-corrected chi connectivity index (χ4v) is 3.61. The number of nitrogens with one attached hydrogen (secondary N) is 1. The first-order chi connectivity index (χ1) is 15.0. The van der Waals surface area contributed by atoms with Crippen LogP contribution in [0.5, 0.6) is 0 Å². The normalized spacial score (nSPS) is 27.3. The number of carbonyl (C=O) groups is 2. The molecular formula is C23H31NO8. The number of ether oxygens (including phenoxy) is 5. The number of benzene rings is 1. The van der Waals surface area contributed by atoms with E-state index < -0.39 is 41.9 Å². The Kier molecular flexibility index (Phi) is 7.55. The number of hydrogen-bond donors (Lipinski definition) is 2. The first-order valence-electron chi connectivity index (χ1n) is 10.6. The molecule has 176 valence electrons. The van der Waals surface area contributed by atoms with E-state index in [4.69, 9.17) is 23.7 Å². The standard InChI is InChI=1S/C23H31NO8/c1-22(2)29-14-18(31-22)19-17(30-23(3,4)32-19)12-8-11-16(20(25)26)24-21(27)28-13-15-9-6-5-7-10-15/h5-10,12,16-19H,11,13-14H2,1-4H3,(H,24,27)(H,25,26)/b12-8+/t16-,17+,18+,19+/m0/s1. The predicted octanol–water partition coefficient (Wildman–Crippen LogP) is 2.98. The van der Waals surface area contributed by atoms with Crippen molar-refractivity contribution in [2.24, 2.45) is 0 Å². The van der Waals surface area contributed by atoms with Crippen molar-refractivity contribution in [3.05, 3.63) is 48.0 Å². The number of aliphatic carboxylic acids is 1. The lowest BCUT2D eigenvalue weighted by atomic mass is 10.1. The average molecular weight is 450 g/mol. The zero-order valence-corrected chi connectivity index (χ0v) is 18.8. The summed E-state index contributed by atoms with van der Waals surface area (Å²) in [5.41, 5.74) is 0.808. The SMILES string of the molecule is CC1(C)O[C@@H]([C@H]2COC(C)(C)O2)[C@@H](/C=C/C[C@H](NC(=O)OCc2ccccc2)C(=O)O)O1. The molecule has 1 aromatic rings. The maximum absolute atomic E-state index is 12.0. The minimum absolute atomic E-state index is 0.0519. The van der Waals surface area contributed by atoms with Crippen LogP contribution in [-0.2, 0) is 35.1 Å². The molecule has 3 rings (SSSR count). The maximum Gasteiger partial charge on any atom is 0.408 e. The molecule has 2 N–H and O–H groups in total. The summed E-state index contributed by atoms with van der Waals surface area (Å²) in [6.07, 6.45) is 1.47. The van der Waals surface area contributed by atoms with Gasteiger partial charge in [-0.05, 0) is 39.7 Å². The van der Waals surface area contributed by atoms with Gasteiger partial charge in [0, 0.05) is 0 Å². The Morgan fingerprint density at radius 2 is 1.88 bits per heavy atom. The van der Waals surface area contributed by atoms with Gasteiger partial charge in [-0.1, -0.05) is 42.5 Å². The molecule has 32 heavy (non-hydrogen) atoms. The van der Waals surface area contributed by atoms with Crippen molar-refractivity contribution in [2.75, 3.05) is 6.61 Å². The third kappa shape index (κ3) is 6.77. The van der Waals surface area contributed by atoms with Crippen LogP contribution in [0.15, 0.2) is 42.5 Å². The van der Waals surface area contributed by atoms with Crippen molar-refractivity contribution in [1.82, 2.24) is 5.32 Å². The molecule has 9 nitrogen and oxygen atoms in total. The molecular weight excluding hydrogens is 418 g/mol. The highest BCUT2D eigenvalue weighted by atomic mass is 16.8. The number of hydrogen-bond acceptors (Lipinski definition) is 7. The summed E-state index contributed by atoms with van der Waals surface area (Å²) < 4.78 is 28.6. The van der Waals surface area contributed by atoms with Crippen LogP contribution in [0.25, 0.3) is 0 Å². The van der Waals surface area contributed by atoms with E-state index in [1.54, 1.807) is 26.0 Å². The number of carboxylic acid groups (broad SMARTS) is 1. The minimum Gasteiger partial charge on any atom is -0.480 e. The van der Waals surface area contributed by atoms with Crippen LogP contribution in [0.1, 0.15) is 39.7 Å². The van der Waals surface area contributed by atoms with Crippen molar-refractivity contribution in [3.8, 4) is 0 Å². The third-order valence-corrected chi connectivity index (χ3v) is 5.06. The molecule has 0 aliphatic carbocycles. The van der Waals surface area contributed by atoms with Crippen molar-refractivity contribution < 1.29 is 38.4 Å². The number of amides is 1. The molecule has 2 saturated heterocycles. The monoisotopic (exact) mass is 449 g/mol. The maximum atomic E-state index is 12.0. The highest BCUT2D eigenvalue weighted by Gasteiger charge is 2.48. The second kappa shape index (κ2) is 9.99. The van der Waals surface area contributed by atoms with E-state index in [-0.39, 0.29) is 19.1 Å². The van der Waals surface area contributed by atoms with Gasteiger partial charge in [0.1, 0.15) is 31.0 Å². The largest absolute Gasteiger partial charge is 0.480 e. The summed E-state index contributed by atoms with van der Waals surface area (Å²) in [6.45, 7) is 7.70. The zero-order valence-electron chi connectivity index (χ0n) is 18.8. The molecule has 0 bridgehead atoms. The smallest absolute Gasteiger partial charge is 0.408 e. The Balaban J connectivity index is 1.55. The van der Waals surface area contributed by atoms with Crippen LogP contribution in [0.2, 0.25) is 0 Å². The average Bonchev–Trinajstić information content (AvgIpc) is 3.24. The topological polar surface area (TPSA) is 113 Å². The molecule has 0 spiro atoms. The van der Waals surface area contributed by atoms with Crippen LogP contribution in [0.3, 0.4) is 0 Å². The third-order valence-electron chi connectivity index (χ3n) is 5.06. The van der Waals surface area contributed by atoms with Gasteiger partial charge in [0.25, 0.3) is 0 Å². The van der Waals surface area contributed by atoms with E-state index in [0.29, 0.717) is 6.61 Å². The van der Waals surface area contributed by atoms with E-state index >= 15 is 0 Å². The van der Waals surface area contributed by atoms with E-state index in [2.05, 4.69) is 5.32 Å². The Hall–Kier alpha value is -2.46. The van der Waals surface area contributed by atoms with E-state index in [1.807, 2.05) is 44.2 Å².